The first kappa shape index (κ1) is 24.8. The molecule has 0 radical (unpaired) electrons. The van der Waals surface area contributed by atoms with E-state index < -0.39 is 41.8 Å². The number of carbonyl (C=O) groups excluding carboxylic acids is 2. The van der Waals surface area contributed by atoms with Crippen molar-refractivity contribution in [1.82, 2.24) is 10.9 Å². The Bertz CT molecular complexity index is 932. The monoisotopic (exact) mass is 464 g/mol. The number of ether oxygens (including phenoxy) is 1. The van der Waals surface area contributed by atoms with Gasteiger partial charge in [0, 0.05) is 12.1 Å². The number of halogens is 6. The smallest absolute Gasteiger partial charge is 0.406 e. The predicted molar refractivity (Wildman–Crippen MR) is 101 cm³/mol. The van der Waals surface area contributed by atoms with E-state index in [0.29, 0.717) is 0 Å². The van der Waals surface area contributed by atoms with Crippen LogP contribution < -0.4 is 26.6 Å². The van der Waals surface area contributed by atoms with E-state index in [4.69, 9.17) is 5.73 Å². The number of nitrogens with two attached hydrogens (primary N) is 1. The van der Waals surface area contributed by atoms with Crippen LogP contribution >= 0.6 is 0 Å². The van der Waals surface area contributed by atoms with Gasteiger partial charge in [0.1, 0.15) is 5.75 Å². The number of hydrogen-bond acceptors (Lipinski definition) is 4. The van der Waals surface area contributed by atoms with Crippen molar-refractivity contribution in [2.24, 2.45) is 5.73 Å². The fourth-order valence-electron chi connectivity index (χ4n) is 2.60. The molecule has 5 N–H and O–H groups in total. The van der Waals surface area contributed by atoms with Crippen molar-refractivity contribution in [1.29, 1.82) is 0 Å². The Kier molecular flexibility index (Phi) is 7.92. The molecule has 3 amide bonds. The van der Waals surface area contributed by atoms with E-state index in [1.807, 2.05) is 0 Å². The summed E-state index contributed by atoms with van der Waals surface area (Å²) in [5.41, 5.74) is 9.20. The summed E-state index contributed by atoms with van der Waals surface area (Å²) in [4.78, 5) is 23.1. The second-order valence-electron chi connectivity index (χ2n) is 6.48. The van der Waals surface area contributed by atoms with Gasteiger partial charge in [-0.1, -0.05) is 12.1 Å². The van der Waals surface area contributed by atoms with Crippen LogP contribution in [-0.2, 0) is 11.0 Å². The molecule has 13 heteroatoms. The molecule has 0 aliphatic heterocycles. The summed E-state index contributed by atoms with van der Waals surface area (Å²) in [6, 6.07) is 6.83. The van der Waals surface area contributed by atoms with E-state index >= 15 is 0 Å². The normalized spacial score (nSPS) is 12.7. The molecule has 0 aliphatic rings. The van der Waals surface area contributed by atoms with Crippen molar-refractivity contribution >= 4 is 17.6 Å². The minimum atomic E-state index is -4.86. The molecule has 1 unspecified atom stereocenters. The van der Waals surface area contributed by atoms with Gasteiger partial charge in [-0.25, -0.2) is 10.2 Å². The molecule has 2 aromatic rings. The zero-order valence-corrected chi connectivity index (χ0v) is 16.2. The molecule has 0 aromatic heterocycles. The van der Waals surface area contributed by atoms with Crippen molar-refractivity contribution in [3.05, 3.63) is 59.7 Å². The lowest BCUT2D eigenvalue weighted by molar-refractivity contribution is -0.274. The minimum Gasteiger partial charge on any atom is -0.406 e. The average Bonchev–Trinajstić information content (AvgIpc) is 2.67. The number of rotatable bonds is 8. The molecule has 2 rings (SSSR count). The number of benzene rings is 2. The number of hydrazine groups is 1. The van der Waals surface area contributed by atoms with E-state index in [0.717, 1.165) is 36.4 Å². The summed E-state index contributed by atoms with van der Waals surface area (Å²) < 4.78 is 79.1. The fourth-order valence-corrected chi connectivity index (χ4v) is 2.60. The van der Waals surface area contributed by atoms with Crippen LogP contribution in [0.1, 0.15) is 30.0 Å². The minimum absolute atomic E-state index is 0.0135. The molecule has 0 bridgehead atoms. The highest BCUT2D eigenvalue weighted by Gasteiger charge is 2.31. The van der Waals surface area contributed by atoms with Gasteiger partial charge in [0.2, 0.25) is 5.91 Å². The van der Waals surface area contributed by atoms with E-state index in [2.05, 4.69) is 20.9 Å². The van der Waals surface area contributed by atoms with Gasteiger partial charge < -0.3 is 15.8 Å². The quantitative estimate of drug-likeness (QED) is 0.347. The highest BCUT2D eigenvalue weighted by molar-refractivity contribution is 5.88. The maximum atomic E-state index is 13.0. The van der Waals surface area contributed by atoms with Gasteiger partial charge in [0.25, 0.3) is 0 Å². The number of hydrogen-bond donors (Lipinski definition) is 4. The van der Waals surface area contributed by atoms with E-state index in [1.165, 1.54) is 12.1 Å². The van der Waals surface area contributed by atoms with Crippen LogP contribution in [0.15, 0.2) is 48.5 Å². The van der Waals surface area contributed by atoms with E-state index in [1.54, 1.807) is 0 Å². The zero-order chi connectivity index (χ0) is 23.9. The lowest BCUT2D eigenvalue weighted by Gasteiger charge is -2.20. The molecule has 32 heavy (non-hydrogen) atoms. The Balaban J connectivity index is 2.03. The third kappa shape index (κ3) is 8.34. The number of alkyl halides is 6. The first-order chi connectivity index (χ1) is 14.8. The topological polar surface area (TPSA) is 105 Å². The maximum Gasteiger partial charge on any atom is 0.573 e. The summed E-state index contributed by atoms with van der Waals surface area (Å²) in [7, 11) is 0. The molecule has 0 saturated heterocycles. The summed E-state index contributed by atoms with van der Waals surface area (Å²) in [6.45, 7) is 0. The van der Waals surface area contributed by atoms with Crippen LogP contribution in [0.5, 0.6) is 5.75 Å². The van der Waals surface area contributed by atoms with Crippen molar-refractivity contribution in [2.75, 3.05) is 5.32 Å². The van der Waals surface area contributed by atoms with Crippen LogP contribution in [0.25, 0.3) is 0 Å². The Morgan fingerprint density at radius 1 is 1.00 bits per heavy atom. The zero-order valence-electron chi connectivity index (χ0n) is 16.2. The molecule has 0 fully saturated rings. The van der Waals surface area contributed by atoms with Gasteiger partial charge >= 0.3 is 18.6 Å². The number of nitrogens with one attached hydrogen (secondary N) is 3. The van der Waals surface area contributed by atoms with Gasteiger partial charge in [-0.2, -0.15) is 13.2 Å². The standard InChI is InChI=1S/C19H18F6N4O3/c20-18(21,22)12-3-1-2-11(10-12)15(8-9-16(26)30)28-29-17(31)27-13-4-6-14(7-5-13)32-19(23,24)25/h1-7,10,15,28H,8-9H2,(H2,26,30)(H2,27,29,31). The predicted octanol–water partition coefficient (Wildman–Crippen LogP) is 4.24. The van der Waals surface area contributed by atoms with Gasteiger partial charge in [-0.3, -0.25) is 10.2 Å². The van der Waals surface area contributed by atoms with Gasteiger partial charge in [-0.05, 0) is 48.4 Å². The Labute approximate surface area is 177 Å². The van der Waals surface area contributed by atoms with Crippen LogP contribution in [-0.4, -0.2) is 18.3 Å². The highest BCUT2D eigenvalue weighted by Crippen LogP contribution is 2.31. The second-order valence-corrected chi connectivity index (χ2v) is 6.48. The third-order valence-corrected chi connectivity index (χ3v) is 4.00. The largest absolute Gasteiger partial charge is 0.573 e. The van der Waals surface area contributed by atoms with E-state index in [9.17, 15) is 35.9 Å². The molecular weight excluding hydrogens is 446 g/mol. The first-order valence-electron chi connectivity index (χ1n) is 8.97. The number of urea groups is 1. The summed E-state index contributed by atoms with van der Waals surface area (Å²) in [5, 5.41) is 2.32. The lowest BCUT2D eigenvalue weighted by Crippen LogP contribution is -2.42. The number of anilines is 1. The molecular formula is C19H18F6N4O3. The lowest BCUT2D eigenvalue weighted by atomic mass is 10.00. The first-order valence-corrected chi connectivity index (χ1v) is 8.97. The molecule has 7 nitrogen and oxygen atoms in total. The SMILES string of the molecule is NC(=O)CCC(NNC(=O)Nc1ccc(OC(F)(F)F)cc1)c1cccc(C(F)(F)F)c1. The molecule has 0 saturated carbocycles. The highest BCUT2D eigenvalue weighted by atomic mass is 19.4. The molecule has 0 heterocycles. The van der Waals surface area contributed by atoms with Gasteiger partial charge in [0.05, 0.1) is 11.6 Å². The second kappa shape index (κ2) is 10.2. The Hall–Kier alpha value is -3.48. The number of amides is 3. The Morgan fingerprint density at radius 3 is 2.22 bits per heavy atom. The molecule has 2 aromatic carbocycles. The summed E-state index contributed by atoms with van der Waals surface area (Å²) in [5.74, 6) is -1.17. The summed E-state index contributed by atoms with van der Waals surface area (Å²) in [6.07, 6.45) is -9.63. The molecule has 0 aliphatic carbocycles. The van der Waals surface area contributed by atoms with Crippen molar-refractivity contribution < 1.29 is 40.7 Å². The van der Waals surface area contributed by atoms with Crippen molar-refractivity contribution in [2.45, 2.75) is 31.4 Å². The molecule has 0 spiro atoms. The van der Waals surface area contributed by atoms with Crippen LogP contribution in [0.4, 0.5) is 36.8 Å². The van der Waals surface area contributed by atoms with Crippen LogP contribution in [0, 0.1) is 0 Å². The average molecular weight is 464 g/mol. The third-order valence-electron chi connectivity index (χ3n) is 4.00. The maximum absolute atomic E-state index is 13.0. The van der Waals surface area contributed by atoms with Gasteiger partial charge in [-0.15, -0.1) is 13.2 Å². The Morgan fingerprint density at radius 2 is 1.66 bits per heavy atom. The molecule has 174 valence electrons. The van der Waals surface area contributed by atoms with Crippen molar-refractivity contribution in [3.8, 4) is 5.75 Å². The molecule has 1 atom stereocenters. The number of primary amides is 1. The summed E-state index contributed by atoms with van der Waals surface area (Å²) >= 11 is 0. The van der Waals surface area contributed by atoms with Crippen molar-refractivity contribution in [3.63, 3.8) is 0 Å². The fraction of sp³-hybridized carbons (Fsp3) is 0.263. The number of carbonyl (C=O) groups is 2. The van der Waals surface area contributed by atoms with E-state index in [-0.39, 0.29) is 24.1 Å². The van der Waals surface area contributed by atoms with Crippen LogP contribution in [0.3, 0.4) is 0 Å². The van der Waals surface area contributed by atoms with Crippen LogP contribution in [0.2, 0.25) is 0 Å². The van der Waals surface area contributed by atoms with Gasteiger partial charge in [0.15, 0.2) is 0 Å².